The van der Waals surface area contributed by atoms with Crippen molar-refractivity contribution in [2.75, 3.05) is 13.2 Å². The average Bonchev–Trinajstić information content (AvgIpc) is 3.04. The molecule has 0 amide bonds. The molecule has 0 bridgehead atoms. The molecule has 5 rings (SSSR count). The lowest BCUT2D eigenvalue weighted by Gasteiger charge is -2.27. The Kier molecular flexibility index (Phi) is 9.83. The number of fused-ring (bicyclic) bond motifs is 1. The van der Waals surface area contributed by atoms with Crippen LogP contribution < -0.4 is 24.7 Å². The van der Waals surface area contributed by atoms with Gasteiger partial charge in [0.2, 0.25) is 5.88 Å². The number of unbranched alkanes of at least 4 members (excludes halogenated alkanes) is 2. The van der Waals surface area contributed by atoms with Crippen molar-refractivity contribution in [2.24, 2.45) is 5.73 Å². The highest BCUT2D eigenvalue weighted by Gasteiger charge is 2.32. The Morgan fingerprint density at radius 2 is 1.59 bits per heavy atom. The maximum atomic E-state index is 13.6. The normalized spacial score (nSPS) is 13.9. The molecule has 0 saturated carbocycles. The van der Waals surface area contributed by atoms with Crippen LogP contribution >= 0.6 is 0 Å². The van der Waals surface area contributed by atoms with Gasteiger partial charge in [-0.3, -0.25) is 4.79 Å². The van der Waals surface area contributed by atoms with Crippen molar-refractivity contribution in [2.45, 2.75) is 44.9 Å². The Bertz CT molecular complexity index is 1620. The second-order valence-electron chi connectivity index (χ2n) is 10.5. The number of allylic oxidation sites excluding steroid dienone is 1. The quantitative estimate of drug-likeness (QED) is 0.103. The smallest absolute Gasteiger partial charge is 0.323 e. The molecule has 7 heteroatoms. The Morgan fingerprint density at radius 1 is 0.886 bits per heavy atom. The van der Waals surface area contributed by atoms with Crippen LogP contribution in [0.2, 0.25) is 0 Å². The summed E-state index contributed by atoms with van der Waals surface area (Å²) >= 11 is 0. The van der Waals surface area contributed by atoms with Crippen LogP contribution in [-0.4, -0.2) is 19.2 Å². The number of carbonyl (C=O) groups excluding carboxylic acids is 1. The lowest BCUT2D eigenvalue weighted by molar-refractivity contribution is -0.135. The Balaban J connectivity index is 1.45. The zero-order chi connectivity index (χ0) is 30.9. The molecule has 0 spiro atoms. The van der Waals surface area contributed by atoms with E-state index in [0.717, 1.165) is 41.5 Å². The lowest BCUT2D eigenvalue weighted by atomic mass is 9.83. The van der Waals surface area contributed by atoms with E-state index in [2.05, 4.69) is 13.0 Å². The van der Waals surface area contributed by atoms with E-state index in [-0.39, 0.29) is 11.5 Å². The van der Waals surface area contributed by atoms with Crippen LogP contribution in [0.25, 0.3) is 0 Å². The van der Waals surface area contributed by atoms with Gasteiger partial charge >= 0.3 is 5.97 Å². The highest BCUT2D eigenvalue weighted by atomic mass is 16.5. The summed E-state index contributed by atoms with van der Waals surface area (Å²) < 4.78 is 23.8. The molecular weight excluding hydrogens is 552 g/mol. The molecule has 0 aliphatic carbocycles. The molecule has 7 nitrogen and oxygen atoms in total. The first-order chi connectivity index (χ1) is 21.5. The van der Waals surface area contributed by atoms with Crippen LogP contribution in [0.15, 0.2) is 109 Å². The predicted molar refractivity (Wildman–Crippen MR) is 169 cm³/mol. The van der Waals surface area contributed by atoms with Crippen LogP contribution in [-0.2, 0) is 4.79 Å². The Hall–Kier alpha value is -5.22. The zero-order valence-electron chi connectivity index (χ0n) is 25.0. The number of esters is 1. The van der Waals surface area contributed by atoms with E-state index in [1.165, 1.54) is 0 Å². The van der Waals surface area contributed by atoms with Crippen molar-refractivity contribution in [3.8, 4) is 29.1 Å². The fourth-order valence-corrected chi connectivity index (χ4v) is 5.40. The third-order valence-corrected chi connectivity index (χ3v) is 7.52. The number of nitriles is 1. The molecule has 1 heterocycles. The first-order valence-corrected chi connectivity index (χ1v) is 15.0. The molecule has 2 N–H and O–H groups in total. The van der Waals surface area contributed by atoms with Gasteiger partial charge < -0.3 is 24.7 Å². The topological polar surface area (TPSA) is 104 Å². The van der Waals surface area contributed by atoms with Crippen LogP contribution in [0.3, 0.4) is 0 Å². The van der Waals surface area contributed by atoms with Crippen molar-refractivity contribution in [1.82, 2.24) is 0 Å². The molecule has 0 fully saturated rings. The number of hydrogen-bond acceptors (Lipinski definition) is 7. The van der Waals surface area contributed by atoms with Gasteiger partial charge in [0.25, 0.3) is 0 Å². The van der Waals surface area contributed by atoms with E-state index in [1.807, 2.05) is 91.9 Å². The van der Waals surface area contributed by atoms with E-state index in [9.17, 15) is 10.1 Å². The van der Waals surface area contributed by atoms with E-state index in [1.54, 1.807) is 12.1 Å². The summed E-state index contributed by atoms with van der Waals surface area (Å²) in [5.41, 5.74) is 9.74. The van der Waals surface area contributed by atoms with Crippen molar-refractivity contribution in [1.29, 1.82) is 5.26 Å². The van der Waals surface area contributed by atoms with Gasteiger partial charge in [-0.2, -0.15) is 5.26 Å². The van der Waals surface area contributed by atoms with E-state index in [0.29, 0.717) is 36.2 Å². The highest BCUT2D eigenvalue weighted by Crippen LogP contribution is 2.45. The first-order valence-electron chi connectivity index (χ1n) is 15.0. The largest absolute Gasteiger partial charge is 0.490 e. The minimum Gasteiger partial charge on any atom is -0.490 e. The molecule has 1 aliphatic rings. The van der Waals surface area contributed by atoms with Crippen LogP contribution in [0, 0.1) is 11.3 Å². The third kappa shape index (κ3) is 6.71. The molecule has 0 aromatic heterocycles. The second-order valence-corrected chi connectivity index (χ2v) is 10.5. The molecule has 0 saturated heterocycles. The minimum atomic E-state index is -0.614. The minimum absolute atomic E-state index is 0.00206. The van der Waals surface area contributed by atoms with Gasteiger partial charge in [0.1, 0.15) is 29.1 Å². The van der Waals surface area contributed by atoms with Gasteiger partial charge in [0.05, 0.1) is 19.1 Å². The number of nitrogens with two attached hydrogens (primary N) is 1. The third-order valence-electron chi connectivity index (χ3n) is 7.52. The van der Waals surface area contributed by atoms with Gasteiger partial charge in [0, 0.05) is 11.6 Å². The maximum absolute atomic E-state index is 13.6. The summed E-state index contributed by atoms with van der Waals surface area (Å²) in [7, 11) is 0. The molecular formula is C37H36N2O5. The van der Waals surface area contributed by atoms with Crippen LogP contribution in [0.1, 0.15) is 67.2 Å². The molecule has 1 unspecified atom stereocenters. The number of nitrogens with zero attached hydrogens (tertiary/aromatic N) is 1. The first kappa shape index (κ1) is 30.2. The average molecular weight is 589 g/mol. The number of carbonyl (C=O) groups is 1. The maximum Gasteiger partial charge on any atom is 0.323 e. The van der Waals surface area contributed by atoms with Gasteiger partial charge in [0.15, 0.2) is 11.5 Å². The molecule has 1 aliphatic heterocycles. The summed E-state index contributed by atoms with van der Waals surface area (Å²) in [4.78, 5) is 13.6. The van der Waals surface area contributed by atoms with Crippen LogP contribution in [0.4, 0.5) is 0 Å². The summed E-state index contributed by atoms with van der Waals surface area (Å²) in [6.45, 7) is 5.13. The van der Waals surface area contributed by atoms with Gasteiger partial charge in [-0.15, -0.1) is 0 Å². The Morgan fingerprint density at radius 3 is 2.23 bits per heavy atom. The molecule has 4 aromatic carbocycles. The predicted octanol–water partition coefficient (Wildman–Crippen LogP) is 7.61. The fraction of sp³-hybridized carbons (Fsp3) is 0.243. The molecule has 0 radical (unpaired) electrons. The summed E-state index contributed by atoms with van der Waals surface area (Å²) in [5.74, 6) is 0.422. The second kappa shape index (κ2) is 14.3. The van der Waals surface area contributed by atoms with Crippen molar-refractivity contribution >= 4 is 5.97 Å². The number of rotatable bonds is 12. The Labute approximate surface area is 258 Å². The van der Waals surface area contributed by atoms with Gasteiger partial charge in [-0.25, -0.2) is 0 Å². The van der Waals surface area contributed by atoms with Crippen molar-refractivity contribution < 1.29 is 23.7 Å². The van der Waals surface area contributed by atoms with E-state index in [4.69, 9.17) is 24.7 Å². The highest BCUT2D eigenvalue weighted by molar-refractivity contribution is 5.84. The standard InChI is InChI=1S/C37H36N2O5/c1-3-5-12-21-42-31-20-17-27(22-33(31)41-4-2)35-29-19-18-28(23-32(29)44-36(39)30(35)24-38)43-37(40)34(25-13-8-6-9-14-25)26-15-10-7-11-16-26/h6-11,13-20,22-23,34-35H,3-5,12,21,39H2,1-2H3. The van der Waals surface area contributed by atoms with Gasteiger partial charge in [-0.05, 0) is 48.2 Å². The molecule has 4 aromatic rings. The molecule has 224 valence electrons. The van der Waals surface area contributed by atoms with E-state index >= 15 is 0 Å². The summed E-state index contributed by atoms with van der Waals surface area (Å²) in [5, 5.41) is 10.1. The number of ether oxygens (including phenoxy) is 4. The molecule has 44 heavy (non-hydrogen) atoms. The zero-order valence-corrected chi connectivity index (χ0v) is 25.0. The van der Waals surface area contributed by atoms with Crippen LogP contribution in [0.5, 0.6) is 23.0 Å². The monoisotopic (exact) mass is 588 g/mol. The number of hydrogen-bond donors (Lipinski definition) is 1. The van der Waals surface area contributed by atoms with Crippen molar-refractivity contribution in [3.63, 3.8) is 0 Å². The van der Waals surface area contributed by atoms with Gasteiger partial charge in [-0.1, -0.05) is 92.6 Å². The van der Waals surface area contributed by atoms with Crippen molar-refractivity contribution in [3.05, 3.63) is 131 Å². The summed E-state index contributed by atoms with van der Waals surface area (Å²) in [6.07, 6.45) is 3.16. The summed E-state index contributed by atoms with van der Waals surface area (Å²) in [6, 6.07) is 32.1. The van der Waals surface area contributed by atoms with E-state index < -0.39 is 17.8 Å². The lowest BCUT2D eigenvalue weighted by Crippen LogP contribution is -2.22. The molecule has 1 atom stereocenters. The number of benzene rings is 4. The fourth-order valence-electron chi connectivity index (χ4n) is 5.40. The SMILES string of the molecule is CCCCCOc1ccc(C2C(C#N)=C(N)Oc3cc(OC(=O)C(c4ccccc4)c4ccccc4)ccc32)cc1OCC.